The molecule has 4 rings (SSSR count). The summed E-state index contributed by atoms with van der Waals surface area (Å²) in [6, 6.07) is 0. The van der Waals surface area contributed by atoms with Crippen molar-refractivity contribution in [2.24, 2.45) is 17.3 Å². The first-order valence-corrected chi connectivity index (χ1v) is 13.6. The Morgan fingerprint density at radius 2 is 1.86 bits per heavy atom. The van der Waals surface area contributed by atoms with Gasteiger partial charge in [0.15, 0.2) is 11.5 Å². The van der Waals surface area contributed by atoms with Gasteiger partial charge in [-0.1, -0.05) is 34.1 Å². The molecule has 1 saturated carbocycles. The van der Waals surface area contributed by atoms with E-state index in [1.807, 2.05) is 33.8 Å². The highest BCUT2D eigenvalue weighted by Crippen LogP contribution is 2.57. The van der Waals surface area contributed by atoms with E-state index in [0.29, 0.717) is 18.4 Å². The molecule has 0 bridgehead atoms. The van der Waals surface area contributed by atoms with Crippen LogP contribution in [0.15, 0.2) is 34.6 Å². The predicted molar refractivity (Wildman–Crippen MR) is 138 cm³/mol. The minimum atomic E-state index is -0.932. The molecule has 0 aromatic heterocycles. The number of Topliss-reactive ketones (excluding diaryl/α,β-unsaturated/α-hetero) is 1. The van der Waals surface area contributed by atoms with Crippen molar-refractivity contribution >= 4 is 17.5 Å². The normalized spacial score (nSPS) is 34.2. The van der Waals surface area contributed by atoms with E-state index in [2.05, 4.69) is 6.92 Å². The van der Waals surface area contributed by atoms with Gasteiger partial charge >= 0.3 is 5.97 Å². The lowest BCUT2D eigenvalue weighted by atomic mass is 9.58. The molecular formula is C30H42O7. The number of rotatable bonds is 6. The molecule has 1 N–H and O–H groups in total. The number of carbonyl (C=O) groups is 3. The molecule has 37 heavy (non-hydrogen) atoms. The molecule has 2 aliphatic heterocycles. The average molecular weight is 515 g/mol. The molecule has 0 amide bonds. The highest BCUT2D eigenvalue weighted by atomic mass is 16.5. The van der Waals surface area contributed by atoms with E-state index in [4.69, 9.17) is 14.2 Å². The Hall–Kier alpha value is -2.25. The fourth-order valence-corrected chi connectivity index (χ4v) is 6.70. The predicted octanol–water partition coefficient (Wildman–Crippen LogP) is 4.77. The van der Waals surface area contributed by atoms with Gasteiger partial charge in [-0.2, -0.15) is 0 Å². The Labute approximate surface area is 220 Å². The molecule has 7 atom stereocenters. The van der Waals surface area contributed by atoms with Gasteiger partial charge in [0.25, 0.3) is 0 Å². The molecular weight excluding hydrogens is 472 g/mol. The van der Waals surface area contributed by atoms with Gasteiger partial charge in [-0.25, -0.2) is 0 Å². The van der Waals surface area contributed by atoms with E-state index in [0.717, 1.165) is 24.8 Å². The van der Waals surface area contributed by atoms with Crippen molar-refractivity contribution in [1.82, 2.24) is 0 Å². The Balaban J connectivity index is 1.68. The molecule has 0 aromatic carbocycles. The van der Waals surface area contributed by atoms with E-state index < -0.39 is 29.2 Å². The SMILES string of the molecule is CCC(C)C(OC(C)=O)C(C)C1=CC(=O)C2=C(OC3(C)CCC4OC(C(C)(C)O)CCC4(C)C3=C2)C1=O. The molecule has 7 unspecified atom stereocenters. The molecule has 2 fully saturated rings. The fraction of sp³-hybridized carbons (Fsp3) is 0.700. The first kappa shape index (κ1) is 27.8. The summed E-state index contributed by atoms with van der Waals surface area (Å²) in [5, 5.41) is 10.5. The van der Waals surface area contributed by atoms with Gasteiger partial charge in [-0.15, -0.1) is 0 Å². The standard InChI is InChI=1S/C30H42O7/c1-9-16(2)26(35-18(4)31)17(3)19-14-21(32)20-15-22-29(7)12-10-23(28(5,6)34)36-24(29)11-13-30(22,8)37-27(20)25(19)33/h14-17,23-24,26,34H,9-13H2,1-8H3. The van der Waals surface area contributed by atoms with Crippen molar-refractivity contribution in [3.8, 4) is 0 Å². The smallest absolute Gasteiger partial charge is 0.302 e. The van der Waals surface area contributed by atoms with Crippen molar-refractivity contribution < 1.29 is 33.7 Å². The van der Waals surface area contributed by atoms with Crippen LogP contribution >= 0.6 is 0 Å². The van der Waals surface area contributed by atoms with Crippen LogP contribution < -0.4 is 0 Å². The first-order chi connectivity index (χ1) is 17.1. The maximum absolute atomic E-state index is 13.8. The lowest BCUT2D eigenvalue weighted by Crippen LogP contribution is -2.58. The number of allylic oxidation sites excluding steroid dienone is 4. The van der Waals surface area contributed by atoms with E-state index in [1.165, 1.54) is 13.0 Å². The second-order valence-electron chi connectivity index (χ2n) is 12.4. The third-order valence-electron chi connectivity index (χ3n) is 9.19. The maximum Gasteiger partial charge on any atom is 0.302 e. The maximum atomic E-state index is 13.8. The van der Waals surface area contributed by atoms with Gasteiger partial charge in [-0.3, -0.25) is 14.4 Å². The number of fused-ring (bicyclic) bond motifs is 3. The second-order valence-corrected chi connectivity index (χ2v) is 12.4. The Morgan fingerprint density at radius 1 is 1.19 bits per heavy atom. The molecule has 2 heterocycles. The lowest BCUT2D eigenvalue weighted by molar-refractivity contribution is -0.196. The molecule has 0 spiro atoms. The topological polar surface area (TPSA) is 99.1 Å². The summed E-state index contributed by atoms with van der Waals surface area (Å²) in [5.74, 6) is -1.33. The Morgan fingerprint density at radius 3 is 2.46 bits per heavy atom. The number of ether oxygens (including phenoxy) is 3. The van der Waals surface area contributed by atoms with Crippen molar-refractivity contribution in [1.29, 1.82) is 0 Å². The van der Waals surface area contributed by atoms with Gasteiger partial charge in [-0.05, 0) is 70.1 Å². The zero-order chi connectivity index (χ0) is 27.5. The average Bonchev–Trinajstić information content (AvgIpc) is 2.81. The molecule has 204 valence electrons. The number of aliphatic hydroxyl groups is 1. The van der Waals surface area contributed by atoms with Crippen LogP contribution in [0.2, 0.25) is 0 Å². The van der Waals surface area contributed by atoms with Gasteiger partial charge in [0, 0.05) is 23.8 Å². The summed E-state index contributed by atoms with van der Waals surface area (Å²) in [7, 11) is 0. The van der Waals surface area contributed by atoms with Crippen LogP contribution in [-0.2, 0) is 28.6 Å². The number of ketones is 2. The summed E-state index contributed by atoms with van der Waals surface area (Å²) >= 11 is 0. The van der Waals surface area contributed by atoms with Crippen LogP contribution in [0.25, 0.3) is 0 Å². The molecule has 4 aliphatic rings. The first-order valence-electron chi connectivity index (χ1n) is 13.6. The number of carbonyl (C=O) groups excluding carboxylic acids is 3. The van der Waals surface area contributed by atoms with Crippen LogP contribution in [0.4, 0.5) is 0 Å². The monoisotopic (exact) mass is 514 g/mol. The van der Waals surface area contributed by atoms with E-state index >= 15 is 0 Å². The van der Waals surface area contributed by atoms with Crippen LogP contribution in [-0.4, -0.2) is 52.2 Å². The number of hydrogen-bond acceptors (Lipinski definition) is 7. The van der Waals surface area contributed by atoms with Crippen molar-refractivity contribution in [2.45, 2.75) is 117 Å². The summed E-state index contributed by atoms with van der Waals surface area (Å²) in [5.41, 5.74) is -0.448. The third-order valence-corrected chi connectivity index (χ3v) is 9.19. The Bertz CT molecular complexity index is 1090. The van der Waals surface area contributed by atoms with Crippen LogP contribution in [0.5, 0.6) is 0 Å². The molecule has 0 aromatic rings. The lowest BCUT2D eigenvalue weighted by Gasteiger charge is -2.57. The van der Waals surface area contributed by atoms with Gasteiger partial charge in [0.05, 0.1) is 23.4 Å². The van der Waals surface area contributed by atoms with Crippen molar-refractivity contribution in [2.75, 3.05) is 0 Å². The minimum absolute atomic E-state index is 0.0172. The number of esters is 1. The van der Waals surface area contributed by atoms with Crippen molar-refractivity contribution in [3.05, 3.63) is 34.6 Å². The highest BCUT2D eigenvalue weighted by Gasteiger charge is 2.57. The quantitative estimate of drug-likeness (QED) is 0.403. The largest absolute Gasteiger partial charge is 0.478 e. The number of hydrogen-bond donors (Lipinski definition) is 1. The van der Waals surface area contributed by atoms with Crippen molar-refractivity contribution in [3.63, 3.8) is 0 Å². The summed E-state index contributed by atoms with van der Waals surface area (Å²) in [6.07, 6.45) is 6.00. The molecule has 1 saturated heterocycles. The van der Waals surface area contributed by atoms with Gasteiger partial charge < -0.3 is 19.3 Å². The van der Waals surface area contributed by atoms with Gasteiger partial charge in [0.1, 0.15) is 11.7 Å². The molecule has 7 heteroatoms. The molecule has 7 nitrogen and oxygen atoms in total. The minimum Gasteiger partial charge on any atom is -0.478 e. The van der Waals surface area contributed by atoms with E-state index in [-0.39, 0.29) is 46.4 Å². The second kappa shape index (κ2) is 9.49. The van der Waals surface area contributed by atoms with E-state index in [1.54, 1.807) is 13.8 Å². The van der Waals surface area contributed by atoms with Crippen LogP contribution in [0.3, 0.4) is 0 Å². The summed E-state index contributed by atoms with van der Waals surface area (Å²) in [4.78, 5) is 39.0. The Kier molecular flexibility index (Phi) is 7.13. The third kappa shape index (κ3) is 4.74. The summed E-state index contributed by atoms with van der Waals surface area (Å²) < 4.78 is 18.5. The highest BCUT2D eigenvalue weighted by molar-refractivity contribution is 6.23. The van der Waals surface area contributed by atoms with Crippen LogP contribution in [0, 0.1) is 17.3 Å². The van der Waals surface area contributed by atoms with Gasteiger partial charge in [0.2, 0.25) is 5.78 Å². The van der Waals surface area contributed by atoms with Crippen LogP contribution in [0.1, 0.15) is 87.5 Å². The zero-order valence-electron chi connectivity index (χ0n) is 23.5. The zero-order valence-corrected chi connectivity index (χ0v) is 23.5. The molecule has 2 aliphatic carbocycles. The van der Waals surface area contributed by atoms with E-state index in [9.17, 15) is 19.5 Å². The molecule has 0 radical (unpaired) electrons. The fourth-order valence-electron chi connectivity index (χ4n) is 6.70. The summed E-state index contributed by atoms with van der Waals surface area (Å²) in [6.45, 7) is 14.9.